The molecule has 0 saturated heterocycles. The fourth-order valence-electron chi connectivity index (χ4n) is 3.32. The van der Waals surface area contributed by atoms with Crippen LogP contribution in [0.2, 0.25) is 5.02 Å². The second-order valence-corrected chi connectivity index (χ2v) is 9.92. The Morgan fingerprint density at radius 2 is 1.93 bits per heavy atom. The fraction of sp³-hybridized carbons (Fsp3) is 0.333. The van der Waals surface area contributed by atoms with Gasteiger partial charge in [-0.1, -0.05) is 18.0 Å². The van der Waals surface area contributed by atoms with E-state index in [2.05, 4.69) is 27.9 Å². The van der Waals surface area contributed by atoms with Crippen LogP contribution in [0.3, 0.4) is 0 Å². The second-order valence-electron chi connectivity index (χ2n) is 7.01. The molecule has 0 aliphatic heterocycles. The molecule has 154 valence electrons. The molecule has 2 unspecified atom stereocenters. The molecule has 2 aromatic rings. The Hall–Kier alpha value is -1.32. The van der Waals surface area contributed by atoms with Crippen molar-refractivity contribution >= 4 is 63.5 Å². The largest absolute Gasteiger partial charge is 0.481 e. The molecule has 3 rings (SSSR count). The molecule has 4 nitrogen and oxygen atoms in total. The number of rotatable bonds is 5. The second kappa shape index (κ2) is 10.1. The fourth-order valence-corrected chi connectivity index (χ4v) is 5.49. The summed E-state index contributed by atoms with van der Waals surface area (Å²) in [5.41, 5.74) is 0.933. The predicted octanol–water partition coefficient (Wildman–Crippen LogP) is 6.46. The third-order valence-corrected chi connectivity index (χ3v) is 7.92. The first-order chi connectivity index (χ1) is 13.8. The van der Waals surface area contributed by atoms with E-state index in [9.17, 15) is 19.1 Å². The van der Waals surface area contributed by atoms with Crippen LogP contribution in [0.15, 0.2) is 41.3 Å². The predicted molar refractivity (Wildman–Crippen MR) is 122 cm³/mol. The first kappa shape index (κ1) is 22.4. The molecule has 0 radical (unpaired) electrons. The van der Waals surface area contributed by atoms with Crippen LogP contribution in [0.1, 0.15) is 42.5 Å². The summed E-state index contributed by atoms with van der Waals surface area (Å²) in [6.07, 6.45) is 4.13. The summed E-state index contributed by atoms with van der Waals surface area (Å²) in [6, 6.07) is 9.55. The van der Waals surface area contributed by atoms with Crippen molar-refractivity contribution in [1.82, 2.24) is 0 Å². The first-order valence-electron chi connectivity index (χ1n) is 9.29. The van der Waals surface area contributed by atoms with E-state index in [-0.39, 0.29) is 16.8 Å². The van der Waals surface area contributed by atoms with Gasteiger partial charge in [0.25, 0.3) is 5.91 Å². The van der Waals surface area contributed by atoms with E-state index in [0.717, 1.165) is 34.1 Å². The minimum absolute atomic E-state index is 0.0466. The molecule has 2 N–H and O–H groups in total. The third-order valence-electron chi connectivity index (χ3n) is 4.93. The molecule has 0 heterocycles. The Bertz CT molecular complexity index is 927. The maximum absolute atomic E-state index is 13.3. The highest BCUT2D eigenvalue weighted by atomic mass is 127. The Morgan fingerprint density at radius 1 is 1.14 bits per heavy atom. The third kappa shape index (κ3) is 6.08. The van der Waals surface area contributed by atoms with Crippen molar-refractivity contribution in [2.45, 2.75) is 42.2 Å². The zero-order valence-corrected chi connectivity index (χ0v) is 19.2. The maximum atomic E-state index is 13.3. The summed E-state index contributed by atoms with van der Waals surface area (Å²) in [4.78, 5) is 24.9. The molecule has 0 aromatic heterocycles. The number of carboxylic acid groups (broad SMARTS) is 1. The van der Waals surface area contributed by atoms with Gasteiger partial charge in [-0.3, -0.25) is 9.59 Å². The number of hydrogen-bond donors (Lipinski definition) is 2. The summed E-state index contributed by atoms with van der Waals surface area (Å²) >= 11 is 9.73. The van der Waals surface area contributed by atoms with E-state index in [1.54, 1.807) is 17.8 Å². The molecule has 0 bridgehead atoms. The SMILES string of the molecule is O=C(Nc1ccc(F)c(Cl)c1)c1ccc(I)c(SC2CCCC(C(=O)O)CC2)c1. The number of benzene rings is 2. The van der Waals surface area contributed by atoms with Crippen LogP contribution in [0.25, 0.3) is 0 Å². The minimum Gasteiger partial charge on any atom is -0.481 e. The number of carbonyl (C=O) groups excluding carboxylic acids is 1. The molecule has 0 spiro atoms. The summed E-state index contributed by atoms with van der Waals surface area (Å²) < 4.78 is 14.3. The lowest BCUT2D eigenvalue weighted by atomic mass is 10.0. The first-order valence-corrected chi connectivity index (χ1v) is 11.6. The van der Waals surface area contributed by atoms with Gasteiger partial charge in [0.05, 0.1) is 10.9 Å². The van der Waals surface area contributed by atoms with Crippen LogP contribution < -0.4 is 5.32 Å². The van der Waals surface area contributed by atoms with Crippen LogP contribution in [-0.4, -0.2) is 22.2 Å². The highest BCUT2D eigenvalue weighted by Crippen LogP contribution is 2.37. The number of halogens is 3. The highest BCUT2D eigenvalue weighted by molar-refractivity contribution is 14.1. The quantitative estimate of drug-likeness (QED) is 0.333. The summed E-state index contributed by atoms with van der Waals surface area (Å²) in [5.74, 6) is -1.78. The Balaban J connectivity index is 1.69. The molecule has 1 fully saturated rings. The minimum atomic E-state index is -0.704. The lowest BCUT2D eigenvalue weighted by Crippen LogP contribution is -2.13. The van der Waals surface area contributed by atoms with Crippen molar-refractivity contribution in [2.24, 2.45) is 5.92 Å². The van der Waals surface area contributed by atoms with E-state index >= 15 is 0 Å². The summed E-state index contributed by atoms with van der Waals surface area (Å²) in [5, 5.41) is 12.3. The topological polar surface area (TPSA) is 66.4 Å². The zero-order chi connectivity index (χ0) is 21.0. The Morgan fingerprint density at radius 3 is 2.66 bits per heavy atom. The Labute approximate surface area is 191 Å². The lowest BCUT2D eigenvalue weighted by molar-refractivity contribution is -0.142. The number of amides is 1. The van der Waals surface area contributed by atoms with E-state index < -0.39 is 11.8 Å². The highest BCUT2D eigenvalue weighted by Gasteiger charge is 2.24. The van der Waals surface area contributed by atoms with E-state index in [1.807, 2.05) is 12.1 Å². The number of anilines is 1. The van der Waals surface area contributed by atoms with Gasteiger partial charge in [-0.15, -0.1) is 11.8 Å². The molecular formula is C21H20ClFINO3S. The number of carbonyl (C=O) groups is 2. The normalized spacial score (nSPS) is 19.4. The number of thioether (sulfide) groups is 1. The van der Waals surface area contributed by atoms with Crippen molar-refractivity contribution < 1.29 is 19.1 Å². The molecule has 1 amide bonds. The van der Waals surface area contributed by atoms with Gasteiger partial charge in [0.15, 0.2) is 0 Å². The smallest absolute Gasteiger partial charge is 0.306 e. The van der Waals surface area contributed by atoms with Gasteiger partial charge in [0, 0.05) is 25.0 Å². The summed E-state index contributed by atoms with van der Waals surface area (Å²) in [6.45, 7) is 0. The van der Waals surface area contributed by atoms with E-state index in [0.29, 0.717) is 22.9 Å². The van der Waals surface area contributed by atoms with E-state index in [1.165, 1.54) is 18.2 Å². The van der Waals surface area contributed by atoms with Crippen molar-refractivity contribution in [1.29, 1.82) is 0 Å². The Kier molecular flexibility index (Phi) is 7.81. The van der Waals surface area contributed by atoms with Crippen molar-refractivity contribution in [3.05, 3.63) is 56.4 Å². The van der Waals surface area contributed by atoms with Gasteiger partial charge in [0.2, 0.25) is 0 Å². The molecule has 1 saturated carbocycles. The average Bonchev–Trinajstić information content (AvgIpc) is 2.92. The van der Waals surface area contributed by atoms with Crippen LogP contribution in [0, 0.1) is 15.3 Å². The molecule has 2 aromatic carbocycles. The van der Waals surface area contributed by atoms with Crippen LogP contribution >= 0.6 is 46.0 Å². The van der Waals surface area contributed by atoms with Gasteiger partial charge in [0.1, 0.15) is 5.82 Å². The molecule has 29 heavy (non-hydrogen) atoms. The molecular weight excluding hydrogens is 528 g/mol. The van der Waals surface area contributed by atoms with Gasteiger partial charge in [-0.05, 0) is 84.7 Å². The number of aliphatic carboxylic acids is 1. The number of nitrogens with one attached hydrogen (secondary N) is 1. The summed E-state index contributed by atoms with van der Waals surface area (Å²) in [7, 11) is 0. The molecule has 8 heteroatoms. The number of hydrogen-bond acceptors (Lipinski definition) is 3. The van der Waals surface area contributed by atoms with Gasteiger partial charge in [-0.25, -0.2) is 4.39 Å². The van der Waals surface area contributed by atoms with Crippen LogP contribution in [-0.2, 0) is 4.79 Å². The molecule has 2 atom stereocenters. The van der Waals surface area contributed by atoms with Crippen LogP contribution in [0.5, 0.6) is 0 Å². The van der Waals surface area contributed by atoms with E-state index in [4.69, 9.17) is 11.6 Å². The maximum Gasteiger partial charge on any atom is 0.306 e. The van der Waals surface area contributed by atoms with Crippen molar-refractivity contribution in [3.63, 3.8) is 0 Å². The lowest BCUT2D eigenvalue weighted by Gasteiger charge is -2.16. The zero-order valence-electron chi connectivity index (χ0n) is 15.5. The monoisotopic (exact) mass is 547 g/mol. The average molecular weight is 548 g/mol. The van der Waals surface area contributed by atoms with Crippen molar-refractivity contribution in [2.75, 3.05) is 5.32 Å². The van der Waals surface area contributed by atoms with Gasteiger partial charge in [-0.2, -0.15) is 0 Å². The molecule has 1 aliphatic carbocycles. The van der Waals surface area contributed by atoms with Crippen LogP contribution in [0.4, 0.5) is 10.1 Å². The van der Waals surface area contributed by atoms with Crippen molar-refractivity contribution in [3.8, 4) is 0 Å². The van der Waals surface area contributed by atoms with Gasteiger partial charge >= 0.3 is 5.97 Å². The number of carboxylic acids is 1. The molecule has 1 aliphatic rings. The standard InChI is InChI=1S/C21H20ClFINO3S/c22-16-11-14(6-8-17(16)23)25-20(26)13-5-9-18(24)19(10-13)29-15-3-1-2-12(4-7-15)21(27)28/h5-6,8-12,15H,1-4,7H2,(H,25,26)(H,27,28). The van der Waals surface area contributed by atoms with Gasteiger partial charge < -0.3 is 10.4 Å².